The minimum absolute atomic E-state index is 0.0727. The van der Waals surface area contributed by atoms with Crippen molar-refractivity contribution >= 4 is 33.8 Å². The van der Waals surface area contributed by atoms with Crippen molar-refractivity contribution in [3.8, 4) is 0 Å². The van der Waals surface area contributed by atoms with Crippen molar-refractivity contribution in [2.45, 2.75) is 6.61 Å². The van der Waals surface area contributed by atoms with Gasteiger partial charge in [0.1, 0.15) is 17.8 Å². The summed E-state index contributed by atoms with van der Waals surface area (Å²) in [6.45, 7) is 3.77. The number of carbonyl (C=O) groups excluding carboxylic acids is 1. The molecule has 0 bridgehead atoms. The maximum atomic E-state index is 12.4. The first-order valence-electron chi connectivity index (χ1n) is 8.50. The molecule has 3 aromatic carbocycles. The van der Waals surface area contributed by atoms with Crippen molar-refractivity contribution in [3.05, 3.63) is 100 Å². The van der Waals surface area contributed by atoms with E-state index in [9.17, 15) is 9.59 Å². The van der Waals surface area contributed by atoms with E-state index >= 15 is 0 Å². The molecule has 132 valence electrons. The quantitative estimate of drug-likeness (QED) is 0.295. The standard InChI is InChI=1S/C23H16O4/c1-2-15-7-9-16(10-8-15)14-26-22(24)20-13-19-18-6-4-3-5-17(18)11-12-21(19)27-23(20)25/h2-13H,1,14H2. The second-order valence-electron chi connectivity index (χ2n) is 6.17. The van der Waals surface area contributed by atoms with E-state index in [-0.39, 0.29) is 12.2 Å². The summed E-state index contributed by atoms with van der Waals surface area (Å²) in [4.78, 5) is 24.7. The van der Waals surface area contributed by atoms with E-state index in [1.54, 1.807) is 18.2 Å². The van der Waals surface area contributed by atoms with Crippen LogP contribution in [0.2, 0.25) is 0 Å². The molecule has 1 aromatic heterocycles. The van der Waals surface area contributed by atoms with E-state index in [0.29, 0.717) is 11.0 Å². The first-order valence-corrected chi connectivity index (χ1v) is 8.50. The van der Waals surface area contributed by atoms with Gasteiger partial charge in [0.25, 0.3) is 0 Å². The van der Waals surface area contributed by atoms with Gasteiger partial charge in [0.2, 0.25) is 0 Å². The monoisotopic (exact) mass is 356 g/mol. The number of esters is 1. The second-order valence-corrected chi connectivity index (χ2v) is 6.17. The predicted octanol–water partition coefficient (Wildman–Crippen LogP) is 4.95. The summed E-state index contributed by atoms with van der Waals surface area (Å²) in [5.41, 5.74) is 1.43. The fourth-order valence-electron chi connectivity index (χ4n) is 2.99. The summed E-state index contributed by atoms with van der Waals surface area (Å²) >= 11 is 0. The molecule has 0 unspecified atom stereocenters. The molecule has 0 aliphatic carbocycles. The highest BCUT2D eigenvalue weighted by atomic mass is 16.5. The lowest BCUT2D eigenvalue weighted by molar-refractivity contribution is 0.0468. The number of ether oxygens (including phenoxy) is 1. The average molecular weight is 356 g/mol. The molecule has 0 spiro atoms. The molecule has 0 saturated carbocycles. The Bertz CT molecular complexity index is 1220. The fourth-order valence-corrected chi connectivity index (χ4v) is 2.99. The Morgan fingerprint density at radius 3 is 2.56 bits per heavy atom. The topological polar surface area (TPSA) is 56.5 Å². The average Bonchev–Trinajstić information content (AvgIpc) is 2.71. The largest absolute Gasteiger partial charge is 0.457 e. The van der Waals surface area contributed by atoms with Gasteiger partial charge in [-0.3, -0.25) is 0 Å². The third kappa shape index (κ3) is 3.25. The van der Waals surface area contributed by atoms with Gasteiger partial charge >= 0.3 is 11.6 Å². The van der Waals surface area contributed by atoms with Crippen LogP contribution in [-0.2, 0) is 11.3 Å². The molecule has 0 N–H and O–H groups in total. The van der Waals surface area contributed by atoms with Crippen molar-refractivity contribution in [1.29, 1.82) is 0 Å². The summed E-state index contributed by atoms with van der Waals surface area (Å²) < 4.78 is 10.6. The van der Waals surface area contributed by atoms with Crippen LogP contribution in [0, 0.1) is 0 Å². The molecular formula is C23H16O4. The van der Waals surface area contributed by atoms with Crippen molar-refractivity contribution in [2.24, 2.45) is 0 Å². The molecular weight excluding hydrogens is 340 g/mol. The highest BCUT2D eigenvalue weighted by Crippen LogP contribution is 2.25. The molecule has 0 saturated heterocycles. The van der Waals surface area contributed by atoms with Crippen molar-refractivity contribution in [2.75, 3.05) is 0 Å². The molecule has 0 aliphatic rings. The summed E-state index contributed by atoms with van der Waals surface area (Å²) in [5.74, 6) is -0.702. The third-order valence-electron chi connectivity index (χ3n) is 4.45. The van der Waals surface area contributed by atoms with Gasteiger partial charge < -0.3 is 9.15 Å². The lowest BCUT2D eigenvalue weighted by Crippen LogP contribution is -2.16. The molecule has 27 heavy (non-hydrogen) atoms. The van der Waals surface area contributed by atoms with Gasteiger partial charge in [0, 0.05) is 5.39 Å². The molecule has 0 radical (unpaired) electrons. The van der Waals surface area contributed by atoms with Gasteiger partial charge in [-0.15, -0.1) is 0 Å². The van der Waals surface area contributed by atoms with Gasteiger partial charge in [-0.25, -0.2) is 9.59 Å². The van der Waals surface area contributed by atoms with E-state index in [1.165, 1.54) is 0 Å². The van der Waals surface area contributed by atoms with Crippen molar-refractivity contribution in [1.82, 2.24) is 0 Å². The van der Waals surface area contributed by atoms with Crippen LogP contribution < -0.4 is 5.63 Å². The molecule has 1 heterocycles. The first-order chi connectivity index (χ1) is 13.2. The van der Waals surface area contributed by atoms with Gasteiger partial charge in [-0.1, -0.05) is 67.3 Å². The molecule has 4 aromatic rings. The van der Waals surface area contributed by atoms with Crippen LogP contribution in [0.5, 0.6) is 0 Å². The normalized spacial score (nSPS) is 10.8. The zero-order valence-corrected chi connectivity index (χ0v) is 14.5. The third-order valence-corrected chi connectivity index (χ3v) is 4.45. The van der Waals surface area contributed by atoms with Crippen LogP contribution in [0.4, 0.5) is 0 Å². The van der Waals surface area contributed by atoms with E-state index in [2.05, 4.69) is 6.58 Å². The summed E-state index contributed by atoms with van der Waals surface area (Å²) in [6.07, 6.45) is 1.74. The predicted molar refractivity (Wildman–Crippen MR) is 106 cm³/mol. The highest BCUT2D eigenvalue weighted by molar-refractivity contribution is 6.07. The maximum absolute atomic E-state index is 12.4. The zero-order valence-electron chi connectivity index (χ0n) is 14.5. The molecule has 4 heteroatoms. The molecule has 0 aliphatic heterocycles. The number of fused-ring (bicyclic) bond motifs is 3. The van der Waals surface area contributed by atoms with Gasteiger partial charge in [0.15, 0.2) is 0 Å². The fraction of sp³-hybridized carbons (Fsp3) is 0.0435. The Morgan fingerprint density at radius 2 is 1.78 bits per heavy atom. The lowest BCUT2D eigenvalue weighted by atomic mass is 10.0. The maximum Gasteiger partial charge on any atom is 0.351 e. The Labute approximate surface area is 155 Å². The lowest BCUT2D eigenvalue weighted by Gasteiger charge is -2.07. The second kappa shape index (κ2) is 6.92. The SMILES string of the molecule is C=Cc1ccc(COC(=O)c2cc3c(ccc4ccccc43)oc2=O)cc1. The molecule has 0 amide bonds. The van der Waals surface area contributed by atoms with Crippen LogP contribution in [0.3, 0.4) is 0 Å². The molecule has 4 rings (SSSR count). The Morgan fingerprint density at radius 1 is 1.00 bits per heavy atom. The van der Waals surface area contributed by atoms with E-state index < -0.39 is 11.6 Å². The van der Waals surface area contributed by atoms with E-state index in [1.807, 2.05) is 54.6 Å². The summed E-state index contributed by atoms with van der Waals surface area (Å²) in [7, 11) is 0. The van der Waals surface area contributed by atoms with Crippen molar-refractivity contribution < 1.29 is 13.9 Å². The van der Waals surface area contributed by atoms with E-state index in [0.717, 1.165) is 21.9 Å². The van der Waals surface area contributed by atoms with Gasteiger partial charge in [0.05, 0.1) is 0 Å². The number of carbonyl (C=O) groups is 1. The minimum atomic E-state index is -0.704. The smallest absolute Gasteiger partial charge is 0.351 e. The number of hydrogen-bond acceptors (Lipinski definition) is 4. The number of benzene rings is 3. The molecule has 0 atom stereocenters. The van der Waals surface area contributed by atoms with Crippen molar-refractivity contribution in [3.63, 3.8) is 0 Å². The Hall–Kier alpha value is -3.66. The first kappa shape index (κ1) is 16.8. The minimum Gasteiger partial charge on any atom is -0.457 e. The van der Waals surface area contributed by atoms with Crippen LogP contribution in [0.25, 0.3) is 27.8 Å². The summed E-state index contributed by atoms with van der Waals surface area (Å²) in [6, 6.07) is 20.3. The number of rotatable bonds is 4. The zero-order chi connectivity index (χ0) is 18.8. The highest BCUT2D eigenvalue weighted by Gasteiger charge is 2.16. The van der Waals surface area contributed by atoms with E-state index in [4.69, 9.17) is 9.15 Å². The van der Waals surface area contributed by atoms with Gasteiger partial charge in [-0.05, 0) is 34.0 Å². The van der Waals surface area contributed by atoms with Crippen LogP contribution in [0.15, 0.2) is 82.5 Å². The molecule has 4 nitrogen and oxygen atoms in total. The molecule has 0 fully saturated rings. The van der Waals surface area contributed by atoms with Crippen LogP contribution >= 0.6 is 0 Å². The Balaban J connectivity index is 1.66. The van der Waals surface area contributed by atoms with Gasteiger partial charge in [-0.2, -0.15) is 0 Å². The Kier molecular flexibility index (Phi) is 4.30. The number of hydrogen-bond donors (Lipinski definition) is 0. The summed E-state index contributed by atoms with van der Waals surface area (Å²) in [5, 5.41) is 2.61. The van der Waals surface area contributed by atoms with Crippen LogP contribution in [0.1, 0.15) is 21.5 Å². The van der Waals surface area contributed by atoms with Crippen LogP contribution in [-0.4, -0.2) is 5.97 Å².